The zero-order chi connectivity index (χ0) is 20.1. The molecule has 1 aromatic carbocycles. The van der Waals surface area contributed by atoms with Crippen LogP contribution in [0.5, 0.6) is 5.75 Å². The molecule has 2 aromatic heterocycles. The zero-order valence-electron chi connectivity index (χ0n) is 16.4. The third-order valence-electron chi connectivity index (χ3n) is 5.09. The first kappa shape index (κ1) is 18.9. The first-order chi connectivity index (χ1) is 14.2. The van der Waals surface area contributed by atoms with Crippen LogP contribution in [0.25, 0.3) is 5.82 Å². The van der Waals surface area contributed by atoms with Gasteiger partial charge < -0.3 is 15.0 Å². The second-order valence-corrected chi connectivity index (χ2v) is 7.04. The van der Waals surface area contributed by atoms with E-state index in [1.54, 1.807) is 24.3 Å². The molecule has 1 amide bonds. The monoisotopic (exact) mass is 392 g/mol. The number of benzene rings is 1. The highest BCUT2D eigenvalue weighted by Gasteiger charge is 2.26. The summed E-state index contributed by atoms with van der Waals surface area (Å²) in [5.74, 6) is 2.31. The molecule has 1 aliphatic rings. The number of aromatic nitrogens is 4. The second kappa shape index (κ2) is 8.72. The van der Waals surface area contributed by atoms with Crippen molar-refractivity contribution in [2.45, 2.75) is 19.4 Å². The molecule has 0 bridgehead atoms. The minimum Gasteiger partial charge on any atom is -0.497 e. The maximum atomic E-state index is 12.7. The van der Waals surface area contributed by atoms with Crippen molar-refractivity contribution in [1.29, 1.82) is 0 Å². The normalized spacial score (nSPS) is 16.4. The first-order valence-corrected chi connectivity index (χ1v) is 9.70. The SMILES string of the molecule is COc1cccc(CNC(=O)C2CCCN(c3cc(-n4cccn4)ncn3)C2)c1. The summed E-state index contributed by atoms with van der Waals surface area (Å²) in [4.78, 5) is 23.6. The van der Waals surface area contributed by atoms with Crippen molar-refractivity contribution in [3.63, 3.8) is 0 Å². The number of ether oxygens (including phenoxy) is 1. The number of nitrogens with one attached hydrogen (secondary N) is 1. The standard InChI is InChI=1S/C21H24N6O2/c1-29-18-7-2-5-16(11-18)13-22-21(28)17-6-3-9-26(14-17)19-12-20(24-15-23-19)27-10-4-8-25-27/h2,4-5,7-8,10-12,15,17H,3,6,9,13-14H2,1H3,(H,22,28). The van der Waals surface area contributed by atoms with Gasteiger partial charge in [0.15, 0.2) is 5.82 Å². The van der Waals surface area contributed by atoms with Gasteiger partial charge in [-0.25, -0.2) is 14.6 Å². The Labute approximate surface area is 169 Å². The van der Waals surface area contributed by atoms with Gasteiger partial charge >= 0.3 is 0 Å². The first-order valence-electron chi connectivity index (χ1n) is 9.70. The number of piperidine rings is 1. The molecular formula is C21H24N6O2. The number of hydrogen-bond acceptors (Lipinski definition) is 6. The van der Waals surface area contributed by atoms with Gasteiger partial charge in [0.1, 0.15) is 17.9 Å². The molecule has 1 atom stereocenters. The van der Waals surface area contributed by atoms with Gasteiger partial charge in [0.2, 0.25) is 5.91 Å². The van der Waals surface area contributed by atoms with Gasteiger partial charge in [0.25, 0.3) is 0 Å². The van der Waals surface area contributed by atoms with E-state index in [4.69, 9.17) is 4.74 Å². The Morgan fingerprint density at radius 1 is 1.24 bits per heavy atom. The Hall–Kier alpha value is -3.42. The molecule has 29 heavy (non-hydrogen) atoms. The van der Waals surface area contributed by atoms with Gasteiger partial charge in [-0.2, -0.15) is 5.10 Å². The number of carbonyl (C=O) groups excluding carboxylic acids is 1. The van der Waals surface area contributed by atoms with Gasteiger partial charge in [-0.3, -0.25) is 4.79 Å². The maximum Gasteiger partial charge on any atom is 0.225 e. The summed E-state index contributed by atoms with van der Waals surface area (Å²) in [7, 11) is 1.64. The number of methoxy groups -OCH3 is 1. The molecule has 4 rings (SSSR count). The minimum atomic E-state index is -0.0718. The summed E-state index contributed by atoms with van der Waals surface area (Å²) >= 11 is 0. The lowest BCUT2D eigenvalue weighted by atomic mass is 9.97. The van der Waals surface area contributed by atoms with E-state index in [1.807, 2.05) is 42.6 Å². The lowest BCUT2D eigenvalue weighted by Gasteiger charge is -2.32. The van der Waals surface area contributed by atoms with Crippen molar-refractivity contribution < 1.29 is 9.53 Å². The molecule has 1 aliphatic heterocycles. The highest BCUT2D eigenvalue weighted by atomic mass is 16.5. The molecule has 0 saturated carbocycles. The summed E-state index contributed by atoms with van der Waals surface area (Å²) < 4.78 is 6.94. The van der Waals surface area contributed by atoms with Crippen molar-refractivity contribution >= 4 is 11.7 Å². The van der Waals surface area contributed by atoms with Gasteiger partial charge in [0.05, 0.1) is 13.0 Å². The Balaban J connectivity index is 1.39. The predicted molar refractivity (Wildman–Crippen MR) is 109 cm³/mol. The highest BCUT2D eigenvalue weighted by molar-refractivity contribution is 5.79. The van der Waals surface area contributed by atoms with Crippen LogP contribution in [0.4, 0.5) is 5.82 Å². The van der Waals surface area contributed by atoms with Gasteiger partial charge in [-0.05, 0) is 36.6 Å². The Morgan fingerprint density at radius 2 is 2.14 bits per heavy atom. The van der Waals surface area contributed by atoms with Crippen LogP contribution in [-0.2, 0) is 11.3 Å². The van der Waals surface area contributed by atoms with E-state index >= 15 is 0 Å². The van der Waals surface area contributed by atoms with Crippen LogP contribution in [-0.4, -0.2) is 45.9 Å². The molecule has 8 heteroatoms. The van der Waals surface area contributed by atoms with Crippen LogP contribution >= 0.6 is 0 Å². The number of carbonyl (C=O) groups is 1. The van der Waals surface area contributed by atoms with Crippen molar-refractivity contribution in [2.75, 3.05) is 25.1 Å². The molecule has 0 radical (unpaired) electrons. The summed E-state index contributed by atoms with van der Waals surface area (Å²) in [6.07, 6.45) is 6.91. The number of hydrogen-bond donors (Lipinski definition) is 1. The second-order valence-electron chi connectivity index (χ2n) is 7.04. The quantitative estimate of drug-likeness (QED) is 0.692. The summed E-state index contributed by atoms with van der Waals surface area (Å²) in [6, 6.07) is 11.5. The molecule has 0 aliphatic carbocycles. The number of nitrogens with zero attached hydrogens (tertiary/aromatic N) is 5. The molecule has 1 fully saturated rings. The van der Waals surface area contributed by atoms with Crippen LogP contribution in [0.3, 0.4) is 0 Å². The Kier molecular flexibility index (Phi) is 5.69. The van der Waals surface area contributed by atoms with Gasteiger partial charge in [0, 0.05) is 38.1 Å². The Bertz CT molecular complexity index is 959. The summed E-state index contributed by atoms with van der Waals surface area (Å²) in [5, 5.41) is 7.27. The molecule has 3 aromatic rings. The Morgan fingerprint density at radius 3 is 2.97 bits per heavy atom. The summed E-state index contributed by atoms with van der Waals surface area (Å²) in [5.41, 5.74) is 1.02. The number of anilines is 1. The largest absolute Gasteiger partial charge is 0.497 e. The van der Waals surface area contributed by atoms with E-state index in [2.05, 4.69) is 25.3 Å². The summed E-state index contributed by atoms with van der Waals surface area (Å²) in [6.45, 7) is 2.00. The minimum absolute atomic E-state index is 0.0684. The van der Waals surface area contributed by atoms with E-state index in [0.29, 0.717) is 18.9 Å². The topological polar surface area (TPSA) is 85.2 Å². The van der Waals surface area contributed by atoms with Crippen molar-refractivity contribution in [2.24, 2.45) is 5.92 Å². The molecule has 1 unspecified atom stereocenters. The van der Waals surface area contributed by atoms with Crippen LogP contribution in [0, 0.1) is 5.92 Å². The van der Waals surface area contributed by atoms with Crippen LogP contribution < -0.4 is 15.0 Å². The van der Waals surface area contributed by atoms with E-state index in [9.17, 15) is 4.79 Å². The molecule has 1 N–H and O–H groups in total. The predicted octanol–water partition coefficient (Wildman–Crippen LogP) is 2.20. The van der Waals surface area contributed by atoms with Gasteiger partial charge in [-0.15, -0.1) is 0 Å². The van der Waals surface area contributed by atoms with Gasteiger partial charge in [-0.1, -0.05) is 12.1 Å². The molecule has 150 valence electrons. The highest BCUT2D eigenvalue weighted by Crippen LogP contribution is 2.23. The smallest absolute Gasteiger partial charge is 0.225 e. The average Bonchev–Trinajstić information content (AvgIpc) is 3.33. The third kappa shape index (κ3) is 4.53. The van der Waals surface area contributed by atoms with Crippen molar-refractivity contribution in [1.82, 2.24) is 25.1 Å². The molecule has 1 saturated heterocycles. The molecule has 3 heterocycles. The molecule has 8 nitrogen and oxygen atoms in total. The fourth-order valence-corrected chi connectivity index (χ4v) is 3.55. The van der Waals surface area contributed by atoms with Crippen LogP contribution in [0.15, 0.2) is 55.1 Å². The zero-order valence-corrected chi connectivity index (χ0v) is 16.4. The number of rotatable bonds is 6. The third-order valence-corrected chi connectivity index (χ3v) is 5.09. The van der Waals surface area contributed by atoms with Crippen molar-refractivity contribution in [3.8, 4) is 11.6 Å². The van der Waals surface area contributed by atoms with Crippen LogP contribution in [0.2, 0.25) is 0 Å². The lowest BCUT2D eigenvalue weighted by Crippen LogP contribution is -2.43. The lowest BCUT2D eigenvalue weighted by molar-refractivity contribution is -0.125. The molecular weight excluding hydrogens is 368 g/mol. The van der Waals surface area contributed by atoms with Crippen LogP contribution in [0.1, 0.15) is 18.4 Å². The number of amides is 1. The molecule has 0 spiro atoms. The fraction of sp³-hybridized carbons (Fsp3) is 0.333. The van der Waals surface area contributed by atoms with Crippen molar-refractivity contribution in [3.05, 3.63) is 60.7 Å². The van der Waals surface area contributed by atoms with E-state index < -0.39 is 0 Å². The average molecular weight is 392 g/mol. The maximum absolute atomic E-state index is 12.7. The van der Waals surface area contributed by atoms with E-state index in [1.165, 1.54) is 0 Å². The fourth-order valence-electron chi connectivity index (χ4n) is 3.55. The van der Waals surface area contributed by atoms with E-state index in [0.717, 1.165) is 36.5 Å². The van der Waals surface area contributed by atoms with E-state index in [-0.39, 0.29) is 11.8 Å².